The van der Waals surface area contributed by atoms with Crippen molar-refractivity contribution in [3.05, 3.63) is 29.8 Å². The van der Waals surface area contributed by atoms with Crippen molar-refractivity contribution in [1.82, 2.24) is 0 Å². The molecule has 0 bridgehead atoms. The van der Waals surface area contributed by atoms with Crippen LogP contribution in [-0.2, 0) is 4.74 Å². The summed E-state index contributed by atoms with van der Waals surface area (Å²) < 4.78 is 11.1. The molecule has 2 aliphatic rings. The fourth-order valence-electron chi connectivity index (χ4n) is 2.49. The van der Waals surface area contributed by atoms with Gasteiger partial charge < -0.3 is 15.2 Å². The quantitative estimate of drug-likeness (QED) is 0.889. The highest BCUT2D eigenvalue weighted by Crippen LogP contribution is 2.30. The molecule has 0 aromatic heterocycles. The SMILES string of the molecule is NC(c1ccc(OC2CC2)cc1)C1CCOCC1. The van der Waals surface area contributed by atoms with E-state index in [9.17, 15) is 0 Å². The second-order valence-corrected chi connectivity index (χ2v) is 5.36. The standard InChI is InChI=1S/C15H21NO2/c16-15(12-7-9-17-10-8-12)11-1-3-13(4-2-11)18-14-5-6-14/h1-4,12,14-15H,5-10,16H2. The Kier molecular flexibility index (Phi) is 3.52. The number of rotatable bonds is 4. The van der Waals surface area contributed by atoms with E-state index in [-0.39, 0.29) is 6.04 Å². The summed E-state index contributed by atoms with van der Waals surface area (Å²) in [5.41, 5.74) is 7.55. The first kappa shape index (κ1) is 12.0. The van der Waals surface area contributed by atoms with Crippen LogP contribution in [0.4, 0.5) is 0 Å². The van der Waals surface area contributed by atoms with Crippen LogP contribution in [0.5, 0.6) is 5.75 Å². The van der Waals surface area contributed by atoms with Crippen molar-refractivity contribution in [2.24, 2.45) is 11.7 Å². The second kappa shape index (κ2) is 5.29. The van der Waals surface area contributed by atoms with E-state index in [2.05, 4.69) is 12.1 Å². The molecular weight excluding hydrogens is 226 g/mol. The molecule has 0 spiro atoms. The molecule has 3 nitrogen and oxygen atoms in total. The topological polar surface area (TPSA) is 44.5 Å². The van der Waals surface area contributed by atoms with Gasteiger partial charge in [0.25, 0.3) is 0 Å². The van der Waals surface area contributed by atoms with Gasteiger partial charge in [-0.15, -0.1) is 0 Å². The van der Waals surface area contributed by atoms with Gasteiger partial charge in [-0.2, -0.15) is 0 Å². The van der Waals surface area contributed by atoms with Gasteiger partial charge in [0.2, 0.25) is 0 Å². The lowest BCUT2D eigenvalue weighted by Gasteiger charge is -2.27. The maximum absolute atomic E-state index is 6.34. The van der Waals surface area contributed by atoms with Gasteiger partial charge in [-0.05, 0) is 49.3 Å². The zero-order chi connectivity index (χ0) is 12.4. The second-order valence-electron chi connectivity index (χ2n) is 5.36. The molecule has 2 fully saturated rings. The molecule has 0 amide bonds. The Labute approximate surface area is 108 Å². The normalized spacial score (nSPS) is 22.7. The highest BCUT2D eigenvalue weighted by Gasteiger charge is 2.24. The van der Waals surface area contributed by atoms with Gasteiger partial charge in [0.05, 0.1) is 6.10 Å². The molecule has 1 aliphatic carbocycles. The molecule has 1 unspecified atom stereocenters. The number of nitrogens with two attached hydrogens (primary N) is 1. The van der Waals surface area contributed by atoms with E-state index in [1.54, 1.807) is 0 Å². The summed E-state index contributed by atoms with van der Waals surface area (Å²) in [6.07, 6.45) is 5.00. The largest absolute Gasteiger partial charge is 0.490 e. The lowest BCUT2D eigenvalue weighted by Crippen LogP contribution is -2.27. The molecule has 1 aliphatic heterocycles. The Morgan fingerprint density at radius 3 is 2.33 bits per heavy atom. The van der Waals surface area contributed by atoms with Crippen molar-refractivity contribution in [3.63, 3.8) is 0 Å². The van der Waals surface area contributed by atoms with Crippen LogP contribution in [0.15, 0.2) is 24.3 Å². The maximum Gasteiger partial charge on any atom is 0.119 e. The van der Waals surface area contributed by atoms with Crippen molar-refractivity contribution >= 4 is 0 Å². The van der Waals surface area contributed by atoms with Crippen molar-refractivity contribution in [1.29, 1.82) is 0 Å². The van der Waals surface area contributed by atoms with E-state index in [1.807, 2.05) is 12.1 Å². The van der Waals surface area contributed by atoms with E-state index >= 15 is 0 Å². The van der Waals surface area contributed by atoms with Crippen molar-refractivity contribution in [2.75, 3.05) is 13.2 Å². The van der Waals surface area contributed by atoms with E-state index < -0.39 is 0 Å². The average molecular weight is 247 g/mol. The Hall–Kier alpha value is -1.06. The van der Waals surface area contributed by atoms with Gasteiger partial charge in [0.15, 0.2) is 0 Å². The van der Waals surface area contributed by atoms with E-state index in [4.69, 9.17) is 15.2 Å². The van der Waals surface area contributed by atoms with Crippen LogP contribution >= 0.6 is 0 Å². The Bertz CT molecular complexity index is 380. The first-order valence-electron chi connectivity index (χ1n) is 6.93. The monoisotopic (exact) mass is 247 g/mol. The molecule has 1 heterocycles. The minimum absolute atomic E-state index is 0.129. The number of hydrogen-bond acceptors (Lipinski definition) is 3. The third-order valence-corrected chi connectivity index (χ3v) is 3.87. The van der Waals surface area contributed by atoms with Crippen LogP contribution in [0.25, 0.3) is 0 Å². The first-order valence-corrected chi connectivity index (χ1v) is 6.93. The van der Waals surface area contributed by atoms with Crippen LogP contribution in [-0.4, -0.2) is 19.3 Å². The summed E-state index contributed by atoms with van der Waals surface area (Å²) >= 11 is 0. The zero-order valence-corrected chi connectivity index (χ0v) is 10.7. The molecule has 0 radical (unpaired) electrons. The maximum atomic E-state index is 6.34. The van der Waals surface area contributed by atoms with Crippen LogP contribution in [0.1, 0.15) is 37.3 Å². The molecule has 2 N–H and O–H groups in total. The van der Waals surface area contributed by atoms with Gasteiger partial charge in [-0.1, -0.05) is 12.1 Å². The lowest BCUT2D eigenvalue weighted by atomic mass is 9.88. The summed E-state index contributed by atoms with van der Waals surface area (Å²) in [5.74, 6) is 1.52. The highest BCUT2D eigenvalue weighted by atomic mass is 16.5. The molecule has 1 aromatic carbocycles. The van der Waals surface area contributed by atoms with Crippen molar-refractivity contribution in [2.45, 2.75) is 37.8 Å². The first-order chi connectivity index (χ1) is 8.83. The lowest BCUT2D eigenvalue weighted by molar-refractivity contribution is 0.0583. The van der Waals surface area contributed by atoms with Gasteiger partial charge in [0, 0.05) is 19.3 Å². The molecular formula is C15H21NO2. The summed E-state index contributed by atoms with van der Waals surface area (Å²) in [6.45, 7) is 1.70. The molecule has 1 atom stereocenters. The fraction of sp³-hybridized carbons (Fsp3) is 0.600. The summed E-state index contributed by atoms with van der Waals surface area (Å²) in [7, 11) is 0. The van der Waals surface area contributed by atoms with E-state index in [1.165, 1.54) is 18.4 Å². The van der Waals surface area contributed by atoms with Gasteiger partial charge in [-0.3, -0.25) is 0 Å². The van der Waals surface area contributed by atoms with Crippen LogP contribution in [0, 0.1) is 5.92 Å². The molecule has 18 heavy (non-hydrogen) atoms. The van der Waals surface area contributed by atoms with Crippen molar-refractivity contribution in [3.8, 4) is 5.75 Å². The Morgan fingerprint density at radius 2 is 1.72 bits per heavy atom. The van der Waals surface area contributed by atoms with Gasteiger partial charge in [-0.25, -0.2) is 0 Å². The molecule has 1 saturated carbocycles. The predicted molar refractivity (Wildman–Crippen MR) is 70.6 cm³/mol. The summed E-state index contributed by atoms with van der Waals surface area (Å²) in [5, 5.41) is 0. The minimum atomic E-state index is 0.129. The highest BCUT2D eigenvalue weighted by molar-refractivity contribution is 5.29. The Morgan fingerprint density at radius 1 is 1.06 bits per heavy atom. The number of ether oxygens (including phenoxy) is 2. The fourth-order valence-corrected chi connectivity index (χ4v) is 2.49. The molecule has 3 heteroatoms. The zero-order valence-electron chi connectivity index (χ0n) is 10.7. The third kappa shape index (κ3) is 2.85. The smallest absolute Gasteiger partial charge is 0.119 e. The predicted octanol–water partition coefficient (Wildman–Crippen LogP) is 2.65. The van der Waals surface area contributed by atoms with Crippen molar-refractivity contribution < 1.29 is 9.47 Å². The minimum Gasteiger partial charge on any atom is -0.490 e. The number of hydrogen-bond donors (Lipinski definition) is 1. The van der Waals surface area contributed by atoms with Crippen LogP contribution in [0.2, 0.25) is 0 Å². The third-order valence-electron chi connectivity index (χ3n) is 3.87. The number of benzene rings is 1. The summed E-state index contributed by atoms with van der Waals surface area (Å²) in [4.78, 5) is 0. The average Bonchev–Trinajstić information content (AvgIpc) is 3.24. The van der Waals surface area contributed by atoms with Gasteiger partial charge >= 0.3 is 0 Å². The van der Waals surface area contributed by atoms with E-state index in [0.29, 0.717) is 12.0 Å². The molecule has 98 valence electrons. The van der Waals surface area contributed by atoms with Gasteiger partial charge in [0.1, 0.15) is 5.75 Å². The molecule has 1 saturated heterocycles. The van der Waals surface area contributed by atoms with Crippen LogP contribution < -0.4 is 10.5 Å². The summed E-state index contributed by atoms with van der Waals surface area (Å²) in [6, 6.07) is 8.44. The van der Waals surface area contributed by atoms with E-state index in [0.717, 1.165) is 31.8 Å². The molecule has 1 aromatic rings. The Balaban J connectivity index is 1.63. The molecule has 3 rings (SSSR count). The van der Waals surface area contributed by atoms with Crippen LogP contribution in [0.3, 0.4) is 0 Å².